The number of nitriles is 1. The van der Waals surface area contributed by atoms with Crippen molar-refractivity contribution in [3.63, 3.8) is 0 Å². The van der Waals surface area contributed by atoms with E-state index in [1.54, 1.807) is 11.1 Å². The van der Waals surface area contributed by atoms with E-state index in [4.69, 9.17) is 15.2 Å². The zero-order valence-corrected chi connectivity index (χ0v) is 19.7. The molecule has 2 aromatic heterocycles. The van der Waals surface area contributed by atoms with Gasteiger partial charge in [0, 0.05) is 25.8 Å². The number of urea groups is 1. The molecule has 1 aromatic carbocycles. The number of imidazole rings is 1. The lowest BCUT2D eigenvalue weighted by molar-refractivity contribution is 0.161. The Kier molecular flexibility index (Phi) is 6.45. The summed E-state index contributed by atoms with van der Waals surface area (Å²) in [4.78, 5) is 26.1. The molecule has 0 saturated carbocycles. The monoisotopic (exact) mass is 457 g/mol. The first-order valence-electron chi connectivity index (χ1n) is 12.2. The van der Waals surface area contributed by atoms with Gasteiger partial charge in [0.15, 0.2) is 6.19 Å². The van der Waals surface area contributed by atoms with Crippen LogP contribution >= 0.6 is 0 Å². The molecule has 34 heavy (non-hydrogen) atoms. The van der Waals surface area contributed by atoms with Crippen molar-refractivity contribution < 1.29 is 4.79 Å². The van der Waals surface area contributed by atoms with Crippen molar-refractivity contribution in [2.75, 3.05) is 20.1 Å². The number of nitrogens with zero attached hydrogens (tertiary/aromatic N) is 6. The number of pyridine rings is 1. The zero-order chi connectivity index (χ0) is 23.5. The largest absolute Gasteiger partial charge is 0.330 e. The Bertz CT molecular complexity index is 1210. The van der Waals surface area contributed by atoms with Gasteiger partial charge in [0.25, 0.3) is 0 Å². The number of nitrogens with one attached hydrogen (secondary N) is 1. The highest BCUT2D eigenvalue weighted by Crippen LogP contribution is 2.33. The molecule has 3 aromatic rings. The van der Waals surface area contributed by atoms with Gasteiger partial charge in [-0.2, -0.15) is 5.26 Å². The maximum Gasteiger partial charge on any atom is 0.330 e. The molecule has 0 unspecified atom stereocenters. The summed E-state index contributed by atoms with van der Waals surface area (Å²) in [5, 5.41) is 11.1. The Balaban J connectivity index is 1.39. The third kappa shape index (κ3) is 4.48. The number of hydrogen-bond donors (Lipinski definition) is 1. The van der Waals surface area contributed by atoms with Crippen LogP contribution in [0.3, 0.4) is 0 Å². The Morgan fingerprint density at radius 3 is 3.00 bits per heavy atom. The summed E-state index contributed by atoms with van der Waals surface area (Å²) in [6.07, 6.45) is 9.02. The quantitative estimate of drug-likeness (QED) is 0.464. The number of aryl methyl sites for hydroxylation is 1. The van der Waals surface area contributed by atoms with E-state index >= 15 is 0 Å². The van der Waals surface area contributed by atoms with Crippen LogP contribution in [0.5, 0.6) is 0 Å². The van der Waals surface area contributed by atoms with Crippen molar-refractivity contribution in [1.29, 1.82) is 5.26 Å². The molecule has 3 heterocycles. The van der Waals surface area contributed by atoms with Crippen LogP contribution in [0.25, 0.3) is 11.0 Å². The summed E-state index contributed by atoms with van der Waals surface area (Å²) in [5.41, 5.74) is 4.69. The van der Waals surface area contributed by atoms with E-state index in [0.717, 1.165) is 55.6 Å². The highest BCUT2D eigenvalue weighted by Gasteiger charge is 2.28. The summed E-state index contributed by atoms with van der Waals surface area (Å²) in [6.45, 7) is 2.88. The summed E-state index contributed by atoms with van der Waals surface area (Å²) < 4.78 is 2.34. The molecule has 176 valence electrons. The summed E-state index contributed by atoms with van der Waals surface area (Å²) in [6, 6.07) is 12.5. The fourth-order valence-corrected chi connectivity index (χ4v) is 5.58. The fraction of sp³-hybridized carbons (Fsp3) is 0.462. The number of carbonyl (C=O) groups excluding carboxylic acids is 1. The van der Waals surface area contributed by atoms with Crippen LogP contribution in [0.1, 0.15) is 48.8 Å². The lowest BCUT2D eigenvalue weighted by Crippen LogP contribution is -2.45. The summed E-state index contributed by atoms with van der Waals surface area (Å²) in [7, 11) is 2.17. The second-order valence-corrected chi connectivity index (χ2v) is 9.49. The molecular weight excluding hydrogens is 426 g/mol. The molecule has 2 amide bonds. The fourth-order valence-electron chi connectivity index (χ4n) is 5.58. The maximum absolute atomic E-state index is 12.2. The molecule has 1 aliphatic carbocycles. The first kappa shape index (κ1) is 22.4. The number of para-hydroxylation sites is 2. The number of hydrogen-bond acceptors (Lipinski definition) is 5. The molecule has 0 bridgehead atoms. The number of benzene rings is 1. The van der Waals surface area contributed by atoms with Crippen LogP contribution < -0.4 is 5.32 Å². The highest BCUT2D eigenvalue weighted by atomic mass is 16.2. The third-order valence-corrected chi connectivity index (χ3v) is 7.23. The number of amides is 2. The van der Waals surface area contributed by atoms with Crippen LogP contribution in [0.2, 0.25) is 0 Å². The second kappa shape index (κ2) is 9.82. The minimum absolute atomic E-state index is 0.290. The van der Waals surface area contributed by atoms with Gasteiger partial charge in [-0.25, -0.2) is 15.1 Å². The van der Waals surface area contributed by atoms with E-state index in [0.29, 0.717) is 19.0 Å². The van der Waals surface area contributed by atoms with E-state index < -0.39 is 0 Å². The predicted molar refractivity (Wildman–Crippen MR) is 130 cm³/mol. The van der Waals surface area contributed by atoms with E-state index in [-0.39, 0.29) is 12.1 Å². The van der Waals surface area contributed by atoms with Gasteiger partial charge in [0.05, 0.1) is 29.3 Å². The lowest BCUT2D eigenvalue weighted by Gasteiger charge is -2.34. The van der Waals surface area contributed by atoms with Crippen molar-refractivity contribution in [1.82, 2.24) is 29.7 Å². The van der Waals surface area contributed by atoms with E-state index in [2.05, 4.69) is 46.1 Å². The molecule has 0 radical (unpaired) electrons. The molecule has 5 rings (SSSR count). The maximum atomic E-state index is 12.2. The molecule has 8 nitrogen and oxygen atoms in total. The number of rotatable bonds is 5. The summed E-state index contributed by atoms with van der Waals surface area (Å²) in [5.74, 6) is 1.36. The van der Waals surface area contributed by atoms with Crippen molar-refractivity contribution in [2.45, 2.75) is 51.2 Å². The molecule has 1 saturated heterocycles. The molecular formula is C26H31N7O. The van der Waals surface area contributed by atoms with E-state index in [9.17, 15) is 4.79 Å². The van der Waals surface area contributed by atoms with Gasteiger partial charge in [0.2, 0.25) is 0 Å². The minimum atomic E-state index is -0.300. The van der Waals surface area contributed by atoms with Gasteiger partial charge < -0.3 is 9.47 Å². The van der Waals surface area contributed by atoms with Crippen LogP contribution in [-0.2, 0) is 19.5 Å². The van der Waals surface area contributed by atoms with Crippen molar-refractivity contribution in [2.24, 2.45) is 5.92 Å². The normalized spacial score (nSPS) is 20.2. The first-order valence-corrected chi connectivity index (χ1v) is 12.2. The molecule has 8 heteroatoms. The van der Waals surface area contributed by atoms with Gasteiger partial charge in [-0.15, -0.1) is 0 Å². The second-order valence-electron chi connectivity index (χ2n) is 9.49. The topological polar surface area (TPSA) is 90.1 Å². The number of likely N-dealkylation sites (tertiary alicyclic amines) is 1. The molecule has 0 spiro atoms. The minimum Gasteiger partial charge on any atom is -0.327 e. The number of fused-ring (bicyclic) bond motifs is 2. The standard InChI is InChI=1S/C26H31N7O/c1-31(23-12-4-8-20-9-5-13-28-25(20)23)17-24-30-21-10-2-3-11-22(21)33(24)16-19-7-6-14-32(15-19)26(34)29-18-27/h2-3,5,9-11,13,19,23H,4,6-8,12,14-17H2,1H3,(H,29,34)/t19-,23-/m0/s1. The number of carbonyl (C=O) groups is 1. The summed E-state index contributed by atoms with van der Waals surface area (Å²) >= 11 is 0. The van der Waals surface area contributed by atoms with Gasteiger partial charge in [-0.05, 0) is 68.8 Å². The van der Waals surface area contributed by atoms with Crippen LogP contribution in [0.4, 0.5) is 4.79 Å². The highest BCUT2D eigenvalue weighted by molar-refractivity contribution is 5.76. The van der Waals surface area contributed by atoms with E-state index in [1.807, 2.05) is 18.3 Å². The Labute approximate surface area is 200 Å². The van der Waals surface area contributed by atoms with Gasteiger partial charge in [-0.3, -0.25) is 9.88 Å². The number of aromatic nitrogens is 3. The van der Waals surface area contributed by atoms with Crippen LogP contribution in [0.15, 0.2) is 42.6 Å². The zero-order valence-electron chi connectivity index (χ0n) is 19.7. The average Bonchev–Trinajstić information content (AvgIpc) is 3.20. The van der Waals surface area contributed by atoms with Crippen molar-refractivity contribution in [3.8, 4) is 6.19 Å². The van der Waals surface area contributed by atoms with Gasteiger partial charge >= 0.3 is 6.03 Å². The van der Waals surface area contributed by atoms with Crippen molar-refractivity contribution in [3.05, 3.63) is 59.7 Å². The number of piperidine rings is 1. The van der Waals surface area contributed by atoms with Gasteiger partial charge in [-0.1, -0.05) is 18.2 Å². The van der Waals surface area contributed by atoms with E-state index in [1.165, 1.54) is 17.7 Å². The van der Waals surface area contributed by atoms with Crippen LogP contribution in [0, 0.1) is 17.4 Å². The Hall–Kier alpha value is -3.44. The smallest absolute Gasteiger partial charge is 0.327 e. The lowest BCUT2D eigenvalue weighted by atomic mass is 9.91. The molecule has 1 N–H and O–H groups in total. The molecule has 2 aliphatic rings. The van der Waals surface area contributed by atoms with Crippen molar-refractivity contribution >= 4 is 17.1 Å². The Morgan fingerprint density at radius 2 is 2.12 bits per heavy atom. The first-order chi connectivity index (χ1) is 16.6. The van der Waals surface area contributed by atoms with Gasteiger partial charge in [0.1, 0.15) is 5.82 Å². The molecule has 1 aliphatic heterocycles. The molecule has 2 atom stereocenters. The average molecular weight is 458 g/mol. The predicted octanol–water partition coefficient (Wildman–Crippen LogP) is 3.84. The third-order valence-electron chi connectivity index (χ3n) is 7.23. The molecule has 1 fully saturated rings. The SMILES string of the molecule is CN(Cc1nc2ccccc2n1C[C@H]1CCCN(C(=O)NC#N)C1)[C@H]1CCCc2cccnc21. The van der Waals surface area contributed by atoms with Crippen LogP contribution in [-0.4, -0.2) is 50.5 Å². The Morgan fingerprint density at radius 1 is 1.24 bits per heavy atom.